The van der Waals surface area contributed by atoms with Crippen LogP contribution in [0.15, 0.2) is 66.9 Å². The maximum Gasteiger partial charge on any atom is 0.256 e. The van der Waals surface area contributed by atoms with Crippen molar-refractivity contribution < 1.29 is 9.59 Å². The SMILES string of the molecule is O=C(c1ccccc1)c1c[nH]c2c1C(=O)N(Cc1ccccc1)CCCC2. The van der Waals surface area contributed by atoms with Gasteiger partial charge in [-0.1, -0.05) is 60.7 Å². The number of hydrogen-bond acceptors (Lipinski definition) is 2. The number of carbonyl (C=O) groups is 2. The fourth-order valence-corrected chi connectivity index (χ4v) is 3.65. The van der Waals surface area contributed by atoms with Gasteiger partial charge in [0.1, 0.15) is 0 Å². The summed E-state index contributed by atoms with van der Waals surface area (Å²) in [7, 11) is 0. The molecule has 1 aromatic heterocycles. The molecule has 0 saturated carbocycles. The number of carbonyl (C=O) groups excluding carboxylic acids is 2. The molecule has 136 valence electrons. The van der Waals surface area contributed by atoms with Crippen molar-refractivity contribution in [1.29, 1.82) is 0 Å². The van der Waals surface area contributed by atoms with Crippen LogP contribution in [0.25, 0.3) is 0 Å². The summed E-state index contributed by atoms with van der Waals surface area (Å²) in [4.78, 5) is 31.4. The van der Waals surface area contributed by atoms with Crippen LogP contribution < -0.4 is 0 Å². The number of H-pyrrole nitrogens is 1. The zero-order valence-corrected chi connectivity index (χ0v) is 15.2. The fraction of sp³-hybridized carbons (Fsp3) is 0.217. The third-order valence-corrected chi connectivity index (χ3v) is 5.06. The van der Waals surface area contributed by atoms with E-state index in [1.807, 2.05) is 53.4 Å². The van der Waals surface area contributed by atoms with Crippen LogP contribution in [0.4, 0.5) is 0 Å². The Morgan fingerprint density at radius 3 is 2.41 bits per heavy atom. The molecular formula is C23H22N2O2. The number of aromatic nitrogens is 1. The van der Waals surface area contributed by atoms with Crippen LogP contribution in [-0.4, -0.2) is 28.1 Å². The van der Waals surface area contributed by atoms with Crippen molar-refractivity contribution in [3.63, 3.8) is 0 Å². The molecule has 2 heterocycles. The smallest absolute Gasteiger partial charge is 0.256 e. The van der Waals surface area contributed by atoms with Gasteiger partial charge in [-0.2, -0.15) is 0 Å². The average molecular weight is 358 g/mol. The predicted octanol–water partition coefficient (Wildman–Crippen LogP) is 4.22. The number of nitrogens with one attached hydrogen (secondary N) is 1. The van der Waals surface area contributed by atoms with E-state index in [1.54, 1.807) is 18.3 Å². The maximum atomic E-state index is 13.4. The molecule has 1 aliphatic heterocycles. The predicted molar refractivity (Wildman–Crippen MR) is 105 cm³/mol. The van der Waals surface area contributed by atoms with E-state index in [0.717, 1.165) is 30.5 Å². The number of rotatable bonds is 4. The molecule has 0 radical (unpaired) electrons. The Kier molecular flexibility index (Phi) is 4.88. The molecule has 1 aliphatic rings. The van der Waals surface area contributed by atoms with Crippen LogP contribution in [0.3, 0.4) is 0 Å². The summed E-state index contributed by atoms with van der Waals surface area (Å²) in [6.07, 6.45) is 4.44. The molecule has 3 aromatic rings. The third kappa shape index (κ3) is 3.56. The minimum atomic E-state index is -0.110. The van der Waals surface area contributed by atoms with E-state index in [0.29, 0.717) is 29.8 Å². The van der Waals surface area contributed by atoms with Gasteiger partial charge in [-0.25, -0.2) is 0 Å². The minimum Gasteiger partial charge on any atom is -0.364 e. The number of aromatic amines is 1. The molecule has 1 N–H and O–H groups in total. The summed E-state index contributed by atoms with van der Waals surface area (Å²) < 4.78 is 0. The summed E-state index contributed by atoms with van der Waals surface area (Å²) in [6, 6.07) is 19.1. The van der Waals surface area contributed by atoms with E-state index in [4.69, 9.17) is 0 Å². The first kappa shape index (κ1) is 17.3. The van der Waals surface area contributed by atoms with E-state index in [2.05, 4.69) is 4.98 Å². The Balaban J connectivity index is 1.69. The first-order valence-corrected chi connectivity index (χ1v) is 9.37. The van der Waals surface area contributed by atoms with Crippen LogP contribution in [-0.2, 0) is 13.0 Å². The average Bonchev–Trinajstić information content (AvgIpc) is 3.13. The highest BCUT2D eigenvalue weighted by molar-refractivity contribution is 6.15. The van der Waals surface area contributed by atoms with Crippen molar-refractivity contribution in [2.75, 3.05) is 6.54 Å². The van der Waals surface area contributed by atoms with E-state index < -0.39 is 0 Å². The number of fused-ring (bicyclic) bond motifs is 1. The van der Waals surface area contributed by atoms with Gasteiger partial charge in [0.2, 0.25) is 0 Å². The molecule has 0 atom stereocenters. The van der Waals surface area contributed by atoms with Crippen LogP contribution in [0.1, 0.15) is 50.4 Å². The Hall–Kier alpha value is -3.14. The van der Waals surface area contributed by atoms with Crippen LogP contribution in [0.2, 0.25) is 0 Å². The van der Waals surface area contributed by atoms with E-state index in [-0.39, 0.29) is 11.7 Å². The van der Waals surface area contributed by atoms with Gasteiger partial charge < -0.3 is 9.88 Å². The molecule has 4 rings (SSSR count). The molecule has 0 aliphatic carbocycles. The van der Waals surface area contributed by atoms with E-state index in [9.17, 15) is 9.59 Å². The van der Waals surface area contributed by atoms with Gasteiger partial charge in [-0.15, -0.1) is 0 Å². The largest absolute Gasteiger partial charge is 0.364 e. The van der Waals surface area contributed by atoms with Crippen LogP contribution in [0.5, 0.6) is 0 Å². The van der Waals surface area contributed by atoms with Gasteiger partial charge in [0, 0.05) is 30.5 Å². The van der Waals surface area contributed by atoms with Crippen LogP contribution >= 0.6 is 0 Å². The standard InChI is InChI=1S/C23H22N2O2/c26-22(18-11-5-2-6-12-18)19-15-24-20-13-7-8-14-25(23(27)21(19)20)16-17-9-3-1-4-10-17/h1-6,9-12,15,24H,7-8,13-14,16H2. The number of hydrogen-bond donors (Lipinski definition) is 1. The Labute approximate surface area is 158 Å². The minimum absolute atomic E-state index is 0.0610. The molecular weight excluding hydrogens is 336 g/mol. The van der Waals surface area contributed by atoms with Gasteiger partial charge >= 0.3 is 0 Å². The fourth-order valence-electron chi connectivity index (χ4n) is 3.65. The molecule has 4 heteroatoms. The molecule has 2 aromatic carbocycles. The molecule has 0 spiro atoms. The molecule has 4 nitrogen and oxygen atoms in total. The monoisotopic (exact) mass is 358 g/mol. The van der Waals surface area contributed by atoms with Crippen molar-refractivity contribution in [1.82, 2.24) is 9.88 Å². The number of amides is 1. The van der Waals surface area contributed by atoms with Gasteiger partial charge in [-0.3, -0.25) is 9.59 Å². The summed E-state index contributed by atoms with van der Waals surface area (Å²) in [5.41, 5.74) is 3.58. The summed E-state index contributed by atoms with van der Waals surface area (Å²) in [5.74, 6) is -0.171. The lowest BCUT2D eigenvalue weighted by molar-refractivity contribution is 0.0730. The Morgan fingerprint density at radius 2 is 1.67 bits per heavy atom. The topological polar surface area (TPSA) is 53.2 Å². The highest BCUT2D eigenvalue weighted by Crippen LogP contribution is 2.25. The molecule has 27 heavy (non-hydrogen) atoms. The number of ketones is 1. The quantitative estimate of drug-likeness (QED) is 0.710. The van der Waals surface area contributed by atoms with Gasteiger partial charge in [-0.05, 0) is 24.8 Å². The molecule has 1 amide bonds. The number of nitrogens with zero attached hydrogens (tertiary/aromatic N) is 1. The van der Waals surface area contributed by atoms with Crippen LogP contribution in [0, 0.1) is 0 Å². The van der Waals surface area contributed by atoms with E-state index >= 15 is 0 Å². The van der Waals surface area contributed by atoms with Crippen molar-refractivity contribution in [2.45, 2.75) is 25.8 Å². The first-order valence-electron chi connectivity index (χ1n) is 9.37. The zero-order chi connectivity index (χ0) is 18.6. The summed E-state index contributed by atoms with van der Waals surface area (Å²) in [5, 5.41) is 0. The van der Waals surface area contributed by atoms with Crippen molar-refractivity contribution in [3.05, 3.63) is 94.8 Å². The Bertz CT molecular complexity index is 945. The zero-order valence-electron chi connectivity index (χ0n) is 15.2. The normalized spacial score (nSPS) is 14.4. The highest BCUT2D eigenvalue weighted by atomic mass is 16.2. The molecule has 0 unspecified atom stereocenters. The number of aryl methyl sites for hydroxylation is 1. The summed E-state index contributed by atoms with van der Waals surface area (Å²) in [6.45, 7) is 1.26. The van der Waals surface area contributed by atoms with Crippen molar-refractivity contribution in [2.24, 2.45) is 0 Å². The lowest BCUT2D eigenvalue weighted by Crippen LogP contribution is -2.34. The molecule has 0 bridgehead atoms. The third-order valence-electron chi connectivity index (χ3n) is 5.06. The van der Waals surface area contributed by atoms with Gasteiger partial charge in [0.15, 0.2) is 5.78 Å². The maximum absolute atomic E-state index is 13.4. The second-order valence-electron chi connectivity index (χ2n) is 6.92. The lowest BCUT2D eigenvalue weighted by atomic mass is 9.97. The molecule has 0 saturated heterocycles. The van der Waals surface area contributed by atoms with E-state index in [1.165, 1.54) is 0 Å². The lowest BCUT2D eigenvalue weighted by Gasteiger charge is -2.25. The van der Waals surface area contributed by atoms with Crippen molar-refractivity contribution >= 4 is 11.7 Å². The molecule has 0 fully saturated rings. The highest BCUT2D eigenvalue weighted by Gasteiger charge is 2.28. The van der Waals surface area contributed by atoms with Crippen molar-refractivity contribution in [3.8, 4) is 0 Å². The second kappa shape index (κ2) is 7.62. The van der Waals surface area contributed by atoms with Gasteiger partial charge in [0.25, 0.3) is 5.91 Å². The van der Waals surface area contributed by atoms with Gasteiger partial charge in [0.05, 0.1) is 11.1 Å². The second-order valence-corrected chi connectivity index (χ2v) is 6.92. The Morgan fingerprint density at radius 1 is 0.963 bits per heavy atom. The number of benzene rings is 2. The first-order chi connectivity index (χ1) is 13.2. The summed E-state index contributed by atoms with van der Waals surface area (Å²) >= 11 is 0.